The van der Waals surface area contributed by atoms with E-state index in [4.69, 9.17) is 5.73 Å². The molecule has 1 aromatic carbocycles. The van der Waals surface area contributed by atoms with Gasteiger partial charge in [0, 0.05) is 23.5 Å². The highest BCUT2D eigenvalue weighted by molar-refractivity contribution is 7.07. The maximum Gasteiger partial charge on any atom is 0.275 e. The lowest BCUT2D eigenvalue weighted by molar-refractivity contribution is 0.0779. The van der Waals surface area contributed by atoms with E-state index >= 15 is 0 Å². The molecule has 2 aromatic heterocycles. The third-order valence-corrected chi connectivity index (χ3v) is 3.65. The molecule has 0 radical (unpaired) electrons. The lowest BCUT2D eigenvalue weighted by Gasteiger charge is -2.14. The summed E-state index contributed by atoms with van der Waals surface area (Å²) >= 11 is 1.51. The van der Waals surface area contributed by atoms with Gasteiger partial charge in [0.2, 0.25) is 0 Å². The summed E-state index contributed by atoms with van der Waals surface area (Å²) in [6, 6.07) is 5.34. The van der Waals surface area contributed by atoms with Gasteiger partial charge in [-0.15, -0.1) is 11.3 Å². The minimum Gasteiger partial charge on any atom is -0.399 e. The number of rotatable bonds is 3. The molecule has 7 heteroatoms. The number of amides is 1. The molecule has 0 fully saturated rings. The molecule has 1 amide bonds. The number of nitrogens with two attached hydrogens (primary N) is 1. The zero-order chi connectivity index (χ0) is 14.1. The van der Waals surface area contributed by atoms with Gasteiger partial charge in [-0.25, -0.2) is 4.98 Å². The van der Waals surface area contributed by atoms with Crippen molar-refractivity contribution in [3.8, 4) is 0 Å². The van der Waals surface area contributed by atoms with Crippen molar-refractivity contribution in [2.45, 2.75) is 6.54 Å². The zero-order valence-electron chi connectivity index (χ0n) is 10.8. The van der Waals surface area contributed by atoms with Gasteiger partial charge in [0.25, 0.3) is 5.91 Å². The van der Waals surface area contributed by atoms with Crippen LogP contribution in [-0.4, -0.2) is 33.0 Å². The fourth-order valence-electron chi connectivity index (χ4n) is 2.01. The molecule has 0 saturated carbocycles. The third-order valence-electron chi connectivity index (χ3n) is 3.02. The average molecular weight is 287 g/mol. The molecule has 6 nitrogen and oxygen atoms in total. The van der Waals surface area contributed by atoms with E-state index in [1.54, 1.807) is 29.6 Å². The topological polar surface area (TPSA) is 87.9 Å². The lowest BCUT2D eigenvalue weighted by Crippen LogP contribution is -2.26. The fraction of sp³-hybridized carbons (Fsp3) is 0.154. The number of aromatic amines is 1. The lowest BCUT2D eigenvalue weighted by atomic mass is 10.2. The Morgan fingerprint density at radius 3 is 3.10 bits per heavy atom. The molecule has 0 saturated heterocycles. The Bertz CT molecular complexity index is 749. The second kappa shape index (κ2) is 4.93. The van der Waals surface area contributed by atoms with Crippen LogP contribution in [0.4, 0.5) is 5.69 Å². The Labute approximate surface area is 119 Å². The average Bonchev–Trinajstić information content (AvgIpc) is 3.06. The number of carbonyl (C=O) groups excluding carboxylic acids is 1. The monoisotopic (exact) mass is 287 g/mol. The molecule has 0 unspecified atom stereocenters. The summed E-state index contributed by atoms with van der Waals surface area (Å²) in [4.78, 5) is 18.2. The molecule has 20 heavy (non-hydrogen) atoms. The summed E-state index contributed by atoms with van der Waals surface area (Å²) in [5.41, 5.74) is 10.2. The van der Waals surface area contributed by atoms with Gasteiger partial charge in [0.15, 0.2) is 5.69 Å². The van der Waals surface area contributed by atoms with Crippen molar-refractivity contribution in [2.75, 3.05) is 12.8 Å². The molecule has 0 aliphatic rings. The Hall–Kier alpha value is -2.41. The molecule has 2 heterocycles. The standard InChI is InChI=1S/C13H13N5OS/c1-18(5-9-6-20-7-15-9)13(19)12-10-4-8(14)2-3-11(10)16-17-12/h2-4,6-7H,5,14H2,1H3,(H,16,17). The molecule has 0 bridgehead atoms. The maximum absolute atomic E-state index is 12.4. The number of carbonyl (C=O) groups is 1. The van der Waals surface area contributed by atoms with Crippen LogP contribution >= 0.6 is 11.3 Å². The van der Waals surface area contributed by atoms with E-state index in [1.807, 2.05) is 11.4 Å². The number of hydrogen-bond acceptors (Lipinski definition) is 5. The highest BCUT2D eigenvalue weighted by Crippen LogP contribution is 2.20. The SMILES string of the molecule is CN(Cc1cscn1)C(=O)c1n[nH]c2ccc(N)cc12. The van der Waals surface area contributed by atoms with Gasteiger partial charge in [0.1, 0.15) is 0 Å². The van der Waals surface area contributed by atoms with Gasteiger partial charge >= 0.3 is 0 Å². The molecule has 3 N–H and O–H groups in total. The van der Waals surface area contributed by atoms with Crippen molar-refractivity contribution in [2.24, 2.45) is 0 Å². The van der Waals surface area contributed by atoms with E-state index in [0.717, 1.165) is 16.6 Å². The van der Waals surface area contributed by atoms with Crippen LogP contribution in [0, 0.1) is 0 Å². The minimum atomic E-state index is -0.158. The number of nitrogens with zero attached hydrogens (tertiary/aromatic N) is 3. The first kappa shape index (κ1) is 12.6. The molecule has 0 aliphatic carbocycles. The van der Waals surface area contributed by atoms with Crippen LogP contribution in [-0.2, 0) is 6.54 Å². The summed E-state index contributed by atoms with van der Waals surface area (Å²) in [7, 11) is 1.73. The number of H-pyrrole nitrogens is 1. The first-order valence-corrected chi connectivity index (χ1v) is 6.95. The van der Waals surface area contributed by atoms with E-state index in [0.29, 0.717) is 17.9 Å². The first-order valence-electron chi connectivity index (χ1n) is 6.01. The van der Waals surface area contributed by atoms with E-state index in [9.17, 15) is 4.79 Å². The second-order valence-corrected chi connectivity index (χ2v) is 5.24. The largest absolute Gasteiger partial charge is 0.399 e. The van der Waals surface area contributed by atoms with E-state index in [2.05, 4.69) is 15.2 Å². The minimum absolute atomic E-state index is 0.158. The van der Waals surface area contributed by atoms with Crippen molar-refractivity contribution in [3.63, 3.8) is 0 Å². The van der Waals surface area contributed by atoms with Crippen LogP contribution < -0.4 is 5.73 Å². The van der Waals surface area contributed by atoms with Crippen LogP contribution in [0.25, 0.3) is 10.9 Å². The number of aromatic nitrogens is 3. The van der Waals surface area contributed by atoms with Gasteiger partial charge in [-0.05, 0) is 18.2 Å². The number of nitrogen functional groups attached to an aromatic ring is 1. The Morgan fingerprint density at radius 1 is 1.50 bits per heavy atom. The summed E-state index contributed by atoms with van der Waals surface area (Å²) in [6.07, 6.45) is 0. The molecule has 0 atom stereocenters. The van der Waals surface area contributed by atoms with Crippen LogP contribution in [0.5, 0.6) is 0 Å². The molecular formula is C13H13N5OS. The smallest absolute Gasteiger partial charge is 0.275 e. The van der Waals surface area contributed by atoms with Crippen molar-refractivity contribution < 1.29 is 4.79 Å². The summed E-state index contributed by atoms with van der Waals surface area (Å²) in [5, 5.41) is 9.60. The summed E-state index contributed by atoms with van der Waals surface area (Å²) in [6.45, 7) is 0.457. The van der Waals surface area contributed by atoms with Gasteiger partial charge in [-0.2, -0.15) is 5.10 Å². The predicted octanol–water partition coefficient (Wildman–Crippen LogP) is 1.87. The van der Waals surface area contributed by atoms with Crippen LogP contribution in [0.1, 0.15) is 16.2 Å². The molecule has 3 rings (SSSR count). The maximum atomic E-state index is 12.4. The number of thiazole rings is 1. The molecule has 3 aromatic rings. The van der Waals surface area contributed by atoms with Crippen molar-refractivity contribution in [1.82, 2.24) is 20.1 Å². The quantitative estimate of drug-likeness (QED) is 0.720. The number of hydrogen-bond donors (Lipinski definition) is 2. The molecule has 0 spiro atoms. The fourth-order valence-corrected chi connectivity index (χ4v) is 2.56. The molecule has 0 aliphatic heterocycles. The Morgan fingerprint density at radius 2 is 2.35 bits per heavy atom. The van der Waals surface area contributed by atoms with E-state index in [1.165, 1.54) is 11.3 Å². The summed E-state index contributed by atoms with van der Waals surface area (Å²) < 4.78 is 0. The number of anilines is 1. The van der Waals surface area contributed by atoms with Gasteiger partial charge in [0.05, 0.1) is 23.3 Å². The molecular weight excluding hydrogens is 274 g/mol. The van der Waals surface area contributed by atoms with Crippen LogP contribution in [0.15, 0.2) is 29.1 Å². The third kappa shape index (κ3) is 2.23. The number of benzene rings is 1. The summed E-state index contributed by atoms with van der Waals surface area (Å²) in [5.74, 6) is -0.158. The van der Waals surface area contributed by atoms with Crippen molar-refractivity contribution >= 4 is 33.8 Å². The zero-order valence-corrected chi connectivity index (χ0v) is 11.6. The Kier molecular flexibility index (Phi) is 3.11. The number of nitrogens with one attached hydrogen (secondary N) is 1. The molecule has 102 valence electrons. The Balaban J connectivity index is 1.90. The van der Waals surface area contributed by atoms with Gasteiger partial charge < -0.3 is 10.6 Å². The predicted molar refractivity (Wildman–Crippen MR) is 78.4 cm³/mol. The second-order valence-electron chi connectivity index (χ2n) is 4.52. The number of fused-ring (bicyclic) bond motifs is 1. The highest BCUT2D eigenvalue weighted by atomic mass is 32.1. The highest BCUT2D eigenvalue weighted by Gasteiger charge is 2.18. The van der Waals surface area contributed by atoms with E-state index in [-0.39, 0.29) is 5.91 Å². The normalized spacial score (nSPS) is 10.8. The van der Waals surface area contributed by atoms with Crippen LogP contribution in [0.2, 0.25) is 0 Å². The van der Waals surface area contributed by atoms with Crippen molar-refractivity contribution in [1.29, 1.82) is 0 Å². The van der Waals surface area contributed by atoms with E-state index < -0.39 is 0 Å². The van der Waals surface area contributed by atoms with Gasteiger partial charge in [-0.1, -0.05) is 0 Å². The van der Waals surface area contributed by atoms with Gasteiger partial charge in [-0.3, -0.25) is 9.89 Å². The van der Waals surface area contributed by atoms with Crippen molar-refractivity contribution in [3.05, 3.63) is 40.5 Å². The first-order chi connectivity index (χ1) is 9.65. The van der Waals surface area contributed by atoms with Crippen LogP contribution in [0.3, 0.4) is 0 Å².